The fourth-order valence-electron chi connectivity index (χ4n) is 1.81. The maximum absolute atomic E-state index is 12.2. The first kappa shape index (κ1) is 19.3. The molecule has 0 spiro atoms. The Bertz CT molecular complexity index is 886. The molecule has 0 radical (unpaired) electrons. The van der Waals surface area contributed by atoms with Gasteiger partial charge in [0.1, 0.15) is 11.6 Å². The third-order valence-electron chi connectivity index (χ3n) is 3.11. The second-order valence-electron chi connectivity index (χ2n) is 6.12. The highest BCUT2D eigenvalue weighted by atomic mass is 32.2. The Kier molecular flexibility index (Phi) is 5.16. The number of nitrogens with zero attached hydrogens (tertiary/aromatic N) is 2. The van der Waals surface area contributed by atoms with Crippen molar-refractivity contribution in [1.29, 1.82) is 5.26 Å². The van der Waals surface area contributed by atoms with Gasteiger partial charge in [-0.3, -0.25) is 14.9 Å². The maximum Gasteiger partial charge on any atom is 0.281 e. The highest BCUT2D eigenvalue weighted by Gasteiger charge is 2.31. The van der Waals surface area contributed by atoms with Gasteiger partial charge in [-0.05, 0) is 12.1 Å². The molecule has 24 heavy (non-hydrogen) atoms. The predicted octanol–water partition coefficient (Wildman–Crippen LogP) is 2.41. The van der Waals surface area contributed by atoms with Crippen LogP contribution in [0.1, 0.15) is 26.3 Å². The number of hydrogen-bond donors (Lipinski definition) is 1. The number of hydrogen-bond acceptors (Lipinski definition) is 7. The summed E-state index contributed by atoms with van der Waals surface area (Å²) < 4.78 is 23.0. The number of aliphatic hydroxyl groups excluding tert-OH is 1. The van der Waals surface area contributed by atoms with E-state index in [1.807, 2.05) is 0 Å². The summed E-state index contributed by atoms with van der Waals surface area (Å²) >= 11 is 0. The van der Waals surface area contributed by atoms with Gasteiger partial charge in [0, 0.05) is 17.7 Å². The van der Waals surface area contributed by atoms with Gasteiger partial charge in [0.25, 0.3) is 5.69 Å². The molecule has 1 aromatic rings. The van der Waals surface area contributed by atoms with E-state index < -0.39 is 48.5 Å². The Morgan fingerprint density at radius 1 is 1.33 bits per heavy atom. The van der Waals surface area contributed by atoms with E-state index in [4.69, 9.17) is 5.26 Å². The number of Topliss-reactive ketones (excluding diaryl/α,β-unsaturated/α-hetero) is 1. The minimum Gasteiger partial charge on any atom is -0.506 e. The van der Waals surface area contributed by atoms with Crippen LogP contribution in [0.4, 0.5) is 5.69 Å². The Balaban J connectivity index is 3.72. The van der Waals surface area contributed by atoms with Crippen LogP contribution in [0.3, 0.4) is 0 Å². The molecule has 0 aliphatic rings. The smallest absolute Gasteiger partial charge is 0.281 e. The van der Waals surface area contributed by atoms with Crippen LogP contribution in [0.5, 0.6) is 0 Å². The lowest BCUT2D eigenvalue weighted by Crippen LogP contribution is -2.22. The molecule has 0 fully saturated rings. The van der Waals surface area contributed by atoms with Gasteiger partial charge < -0.3 is 5.11 Å². The zero-order valence-electron chi connectivity index (χ0n) is 13.5. The zero-order valence-corrected chi connectivity index (χ0v) is 14.3. The summed E-state index contributed by atoms with van der Waals surface area (Å²) in [5.41, 5.74) is -2.73. The fraction of sp³-hybridized carbons (Fsp3) is 0.333. The molecule has 0 aliphatic heterocycles. The lowest BCUT2D eigenvalue weighted by molar-refractivity contribution is -0.385. The number of allylic oxidation sites excluding steroid dienone is 1. The van der Waals surface area contributed by atoms with Crippen molar-refractivity contribution in [1.82, 2.24) is 0 Å². The lowest BCUT2D eigenvalue weighted by Gasteiger charge is -2.16. The molecule has 1 N–H and O–H groups in total. The number of aliphatic hydroxyl groups is 1. The predicted molar refractivity (Wildman–Crippen MR) is 85.8 cm³/mol. The van der Waals surface area contributed by atoms with Gasteiger partial charge in [0.2, 0.25) is 0 Å². The molecule has 0 atom stereocenters. The van der Waals surface area contributed by atoms with Gasteiger partial charge in [-0.25, -0.2) is 8.42 Å². The summed E-state index contributed by atoms with van der Waals surface area (Å²) in [5, 5.41) is 30.6. The van der Waals surface area contributed by atoms with Gasteiger partial charge in [0.05, 0.1) is 15.4 Å². The van der Waals surface area contributed by atoms with Crippen LogP contribution in [0, 0.1) is 26.9 Å². The second-order valence-corrected chi connectivity index (χ2v) is 8.14. The van der Waals surface area contributed by atoms with Crippen molar-refractivity contribution in [3.05, 3.63) is 39.4 Å². The van der Waals surface area contributed by atoms with Crippen molar-refractivity contribution in [3.63, 3.8) is 0 Å². The summed E-state index contributed by atoms with van der Waals surface area (Å²) in [5.74, 6) is -1.55. The molecule has 1 rings (SSSR count). The minimum absolute atomic E-state index is 0.314. The van der Waals surface area contributed by atoms with E-state index in [1.54, 1.807) is 6.07 Å². The Morgan fingerprint density at radius 2 is 1.88 bits per heavy atom. The molecule has 128 valence electrons. The number of carbonyl (C=O) groups excluding carboxylic acids is 1. The summed E-state index contributed by atoms with van der Waals surface area (Å²) in [6.07, 6.45) is 0.880. The van der Waals surface area contributed by atoms with Crippen LogP contribution < -0.4 is 0 Å². The maximum atomic E-state index is 12.2. The van der Waals surface area contributed by atoms with E-state index in [-0.39, 0.29) is 4.90 Å². The highest BCUT2D eigenvalue weighted by Crippen LogP contribution is 2.31. The largest absolute Gasteiger partial charge is 0.506 e. The monoisotopic (exact) mass is 352 g/mol. The van der Waals surface area contributed by atoms with E-state index in [0.29, 0.717) is 0 Å². The lowest BCUT2D eigenvalue weighted by atomic mass is 9.85. The molecule has 0 saturated heterocycles. The number of ketones is 1. The molecule has 0 amide bonds. The van der Waals surface area contributed by atoms with Crippen LogP contribution in [0.2, 0.25) is 0 Å². The van der Waals surface area contributed by atoms with E-state index in [0.717, 1.165) is 24.5 Å². The van der Waals surface area contributed by atoms with Crippen molar-refractivity contribution in [3.8, 4) is 6.07 Å². The number of nitro groups is 1. The van der Waals surface area contributed by atoms with Crippen molar-refractivity contribution in [2.45, 2.75) is 25.7 Å². The van der Waals surface area contributed by atoms with Gasteiger partial charge in [-0.1, -0.05) is 20.8 Å². The van der Waals surface area contributed by atoms with Crippen LogP contribution in [0.25, 0.3) is 5.76 Å². The molecule has 8 nitrogen and oxygen atoms in total. The number of nitro benzene ring substituents is 1. The van der Waals surface area contributed by atoms with Gasteiger partial charge >= 0.3 is 0 Å². The highest BCUT2D eigenvalue weighted by molar-refractivity contribution is 7.90. The molecule has 0 unspecified atom stereocenters. The number of nitriles is 1. The average Bonchev–Trinajstić information content (AvgIpc) is 2.45. The number of rotatable bonds is 4. The van der Waals surface area contributed by atoms with Crippen LogP contribution in [-0.4, -0.2) is 30.5 Å². The molecular formula is C15H16N2O6S. The van der Waals surface area contributed by atoms with Gasteiger partial charge in [-0.15, -0.1) is 0 Å². The molecular weight excluding hydrogens is 336 g/mol. The Hall–Kier alpha value is -2.73. The third kappa shape index (κ3) is 3.97. The first-order valence-corrected chi connectivity index (χ1v) is 8.57. The number of benzene rings is 1. The average molecular weight is 352 g/mol. The van der Waals surface area contributed by atoms with Crippen LogP contribution in [-0.2, 0) is 14.6 Å². The van der Waals surface area contributed by atoms with E-state index in [1.165, 1.54) is 20.8 Å². The van der Waals surface area contributed by atoms with Crippen LogP contribution >= 0.6 is 0 Å². The molecule has 9 heteroatoms. The SMILES string of the molecule is CC(C)(C)C(=O)C(C#N)=C(O)c1ccc(S(C)(=O)=O)cc1[N+](=O)[O-]. The second kappa shape index (κ2) is 6.41. The van der Waals surface area contributed by atoms with Gasteiger partial charge in [-0.2, -0.15) is 5.26 Å². The summed E-state index contributed by atoms with van der Waals surface area (Å²) in [6, 6.07) is 4.39. The summed E-state index contributed by atoms with van der Waals surface area (Å²) in [7, 11) is -3.70. The Labute approximate surface area is 139 Å². The quantitative estimate of drug-likeness (QED) is 0.288. The van der Waals surface area contributed by atoms with Crippen LogP contribution in [0.15, 0.2) is 28.7 Å². The van der Waals surface area contributed by atoms with Crippen molar-refractivity contribution < 1.29 is 23.2 Å². The third-order valence-corrected chi connectivity index (χ3v) is 4.22. The molecule has 0 saturated carbocycles. The molecule has 0 heterocycles. The van der Waals surface area contributed by atoms with Crippen molar-refractivity contribution in [2.24, 2.45) is 5.41 Å². The first-order chi connectivity index (χ1) is 10.8. The zero-order chi connectivity index (χ0) is 18.9. The Morgan fingerprint density at radius 3 is 2.25 bits per heavy atom. The molecule has 0 aromatic heterocycles. The first-order valence-electron chi connectivity index (χ1n) is 6.67. The molecule has 1 aromatic carbocycles. The summed E-state index contributed by atoms with van der Waals surface area (Å²) in [6.45, 7) is 4.59. The molecule has 0 bridgehead atoms. The minimum atomic E-state index is -3.70. The topological polar surface area (TPSA) is 138 Å². The number of carbonyl (C=O) groups is 1. The normalized spacial score (nSPS) is 13.0. The summed E-state index contributed by atoms with van der Waals surface area (Å²) in [4.78, 5) is 22.2. The fourth-order valence-corrected chi connectivity index (χ4v) is 2.46. The van der Waals surface area contributed by atoms with E-state index in [2.05, 4.69) is 0 Å². The number of sulfone groups is 1. The van der Waals surface area contributed by atoms with E-state index >= 15 is 0 Å². The van der Waals surface area contributed by atoms with Crippen molar-refractivity contribution >= 4 is 27.1 Å². The van der Waals surface area contributed by atoms with Crippen molar-refractivity contribution in [2.75, 3.05) is 6.26 Å². The molecule has 0 aliphatic carbocycles. The van der Waals surface area contributed by atoms with Gasteiger partial charge in [0.15, 0.2) is 21.4 Å². The van der Waals surface area contributed by atoms with E-state index in [9.17, 15) is 28.4 Å². The standard InChI is InChI=1S/C15H16N2O6S/c1-15(2,3)14(19)11(8-16)13(18)10-6-5-9(24(4,22)23)7-12(10)17(20)21/h5-7,18H,1-4H3.